The van der Waals surface area contributed by atoms with Gasteiger partial charge in [0.25, 0.3) is 5.91 Å². The van der Waals surface area contributed by atoms with Gasteiger partial charge in [-0.25, -0.2) is 9.97 Å². The summed E-state index contributed by atoms with van der Waals surface area (Å²) in [4.78, 5) is 27.1. The summed E-state index contributed by atoms with van der Waals surface area (Å²) in [6.45, 7) is 13.8. The lowest BCUT2D eigenvalue weighted by atomic mass is 9.97. The molecular formula is C36H43F3N6O3. The van der Waals surface area contributed by atoms with Gasteiger partial charge < -0.3 is 25.0 Å². The number of nitrogens with zero attached hydrogens (tertiary/aromatic N) is 4. The van der Waals surface area contributed by atoms with Crippen molar-refractivity contribution in [1.82, 2.24) is 19.8 Å². The van der Waals surface area contributed by atoms with Gasteiger partial charge in [0.1, 0.15) is 12.4 Å². The fourth-order valence-electron chi connectivity index (χ4n) is 5.64. The number of halogens is 3. The predicted octanol–water partition coefficient (Wildman–Crippen LogP) is 6.73. The largest absolute Gasteiger partial charge is 0.490 e. The van der Waals surface area contributed by atoms with Crippen molar-refractivity contribution in [2.45, 2.75) is 33.4 Å². The maximum Gasteiger partial charge on any atom is 0.416 e. The molecule has 0 radical (unpaired) electrons. The number of anilines is 2. The van der Waals surface area contributed by atoms with Gasteiger partial charge in [0.05, 0.1) is 30.0 Å². The third-order valence-corrected chi connectivity index (χ3v) is 8.54. The number of alkyl halides is 3. The number of amides is 1. The average Bonchev–Trinajstić information content (AvgIpc) is 3.09. The summed E-state index contributed by atoms with van der Waals surface area (Å²) < 4.78 is 52.0. The molecule has 4 aromatic rings. The van der Waals surface area contributed by atoms with Gasteiger partial charge in [-0.3, -0.25) is 9.69 Å². The fourth-order valence-corrected chi connectivity index (χ4v) is 5.64. The van der Waals surface area contributed by atoms with Crippen LogP contribution in [0.5, 0.6) is 5.75 Å². The second-order valence-electron chi connectivity index (χ2n) is 11.8. The van der Waals surface area contributed by atoms with Crippen LogP contribution in [0.4, 0.5) is 24.8 Å². The van der Waals surface area contributed by atoms with E-state index in [0.717, 1.165) is 98.6 Å². The van der Waals surface area contributed by atoms with E-state index in [1.807, 2.05) is 45.0 Å². The zero-order chi connectivity index (χ0) is 34.1. The topological polar surface area (TPSA) is 91.8 Å². The van der Waals surface area contributed by atoms with Crippen LogP contribution in [0.3, 0.4) is 0 Å². The zero-order valence-corrected chi connectivity index (χ0v) is 27.7. The van der Waals surface area contributed by atoms with Gasteiger partial charge in [0.2, 0.25) is 5.95 Å². The van der Waals surface area contributed by atoms with Crippen LogP contribution in [-0.4, -0.2) is 91.3 Å². The number of aryl methyl sites for hydroxylation is 1. The monoisotopic (exact) mass is 664 g/mol. The van der Waals surface area contributed by atoms with Crippen LogP contribution >= 0.6 is 0 Å². The van der Waals surface area contributed by atoms with Crippen molar-refractivity contribution >= 4 is 28.4 Å². The van der Waals surface area contributed by atoms with E-state index in [1.165, 1.54) is 6.07 Å². The third-order valence-electron chi connectivity index (χ3n) is 8.54. The normalized spacial score (nSPS) is 14.0. The van der Waals surface area contributed by atoms with Gasteiger partial charge >= 0.3 is 6.18 Å². The molecular weight excluding hydrogens is 621 g/mol. The van der Waals surface area contributed by atoms with Crippen LogP contribution in [0.15, 0.2) is 60.8 Å². The number of nitrogens with one attached hydrogen (secondary N) is 2. The highest BCUT2D eigenvalue weighted by atomic mass is 19.4. The first-order valence-electron chi connectivity index (χ1n) is 16.4. The van der Waals surface area contributed by atoms with Crippen molar-refractivity contribution in [2.24, 2.45) is 0 Å². The Labute approximate surface area is 279 Å². The number of ether oxygens (including phenoxy) is 2. The second-order valence-corrected chi connectivity index (χ2v) is 11.8. The predicted molar refractivity (Wildman–Crippen MR) is 183 cm³/mol. The first kappa shape index (κ1) is 35.1. The Hall–Kier alpha value is -4.26. The molecule has 1 aliphatic heterocycles. The number of rotatable bonds is 14. The molecule has 1 amide bonds. The number of hydrogen-bond donors (Lipinski definition) is 2. The van der Waals surface area contributed by atoms with Crippen molar-refractivity contribution in [1.29, 1.82) is 0 Å². The van der Waals surface area contributed by atoms with Gasteiger partial charge in [-0.1, -0.05) is 26.0 Å². The van der Waals surface area contributed by atoms with Crippen LogP contribution in [0.1, 0.15) is 41.8 Å². The van der Waals surface area contributed by atoms with Crippen molar-refractivity contribution in [3.8, 4) is 16.9 Å². The van der Waals surface area contributed by atoms with Crippen LogP contribution in [0, 0.1) is 6.92 Å². The minimum atomic E-state index is -4.57. The molecule has 0 aliphatic carbocycles. The first-order chi connectivity index (χ1) is 23.1. The van der Waals surface area contributed by atoms with Gasteiger partial charge in [-0.2, -0.15) is 13.2 Å². The average molecular weight is 665 g/mol. The summed E-state index contributed by atoms with van der Waals surface area (Å²) in [5.41, 5.74) is 2.79. The molecule has 5 rings (SSSR count). The lowest BCUT2D eigenvalue weighted by Gasteiger charge is -2.26. The summed E-state index contributed by atoms with van der Waals surface area (Å²) in [6, 6.07) is 14.2. The highest BCUT2D eigenvalue weighted by Gasteiger charge is 2.31. The highest BCUT2D eigenvalue weighted by Crippen LogP contribution is 2.36. The summed E-state index contributed by atoms with van der Waals surface area (Å²) in [5.74, 6) is 0.201. The lowest BCUT2D eigenvalue weighted by Crippen LogP contribution is -2.37. The molecule has 3 aromatic carbocycles. The van der Waals surface area contributed by atoms with E-state index in [4.69, 9.17) is 9.47 Å². The van der Waals surface area contributed by atoms with Gasteiger partial charge in [-0.05, 0) is 92.1 Å². The molecule has 9 nitrogen and oxygen atoms in total. The van der Waals surface area contributed by atoms with Gasteiger partial charge in [-0.15, -0.1) is 0 Å². The Balaban J connectivity index is 1.29. The molecule has 12 heteroatoms. The summed E-state index contributed by atoms with van der Waals surface area (Å²) in [5, 5.41) is 6.82. The van der Waals surface area contributed by atoms with Crippen LogP contribution in [-0.2, 0) is 10.9 Å². The van der Waals surface area contributed by atoms with Crippen molar-refractivity contribution in [2.75, 3.05) is 76.3 Å². The van der Waals surface area contributed by atoms with E-state index in [1.54, 1.807) is 18.3 Å². The highest BCUT2D eigenvalue weighted by molar-refractivity contribution is 6.06. The van der Waals surface area contributed by atoms with Crippen LogP contribution < -0.4 is 15.4 Å². The molecule has 1 saturated heterocycles. The molecule has 0 bridgehead atoms. The number of morpholine rings is 1. The van der Waals surface area contributed by atoms with E-state index in [0.29, 0.717) is 18.1 Å². The number of fused-ring (bicyclic) bond motifs is 1. The SMILES string of the molecule is CCN(CC)CCOc1ccc(C(F)(F)F)cc1NC(=O)c1ccc(C)c(-c2ccc3nc(NCCCN4CCOCC4)ncc3c2)c1. The molecule has 1 fully saturated rings. The van der Waals surface area contributed by atoms with Crippen LogP contribution in [0.2, 0.25) is 0 Å². The Bertz CT molecular complexity index is 1690. The molecule has 256 valence electrons. The minimum Gasteiger partial charge on any atom is -0.490 e. The van der Waals surface area contributed by atoms with E-state index < -0.39 is 17.6 Å². The number of aromatic nitrogens is 2. The second kappa shape index (κ2) is 16.2. The first-order valence-corrected chi connectivity index (χ1v) is 16.4. The molecule has 2 N–H and O–H groups in total. The quantitative estimate of drug-likeness (QED) is 0.144. The Morgan fingerprint density at radius 3 is 2.58 bits per heavy atom. The van der Waals surface area contributed by atoms with E-state index >= 15 is 0 Å². The summed E-state index contributed by atoms with van der Waals surface area (Å²) in [7, 11) is 0. The van der Waals surface area contributed by atoms with E-state index in [2.05, 4.69) is 30.4 Å². The van der Waals surface area contributed by atoms with Gasteiger partial charge in [0, 0.05) is 43.3 Å². The van der Waals surface area contributed by atoms with Crippen molar-refractivity contribution < 1.29 is 27.4 Å². The molecule has 0 spiro atoms. The molecule has 48 heavy (non-hydrogen) atoms. The number of carbonyl (C=O) groups excluding carboxylic acids is 1. The fraction of sp³-hybridized carbons (Fsp3) is 0.417. The standard InChI is InChI=1S/C36H43F3N6O3/c1-4-44(5-2)17-20-48-33-12-10-29(36(37,38)39)23-32(33)42-34(46)27-8-7-25(3)30(22-27)26-9-11-31-28(21-26)24-41-35(43-31)40-13-6-14-45-15-18-47-19-16-45/h7-12,21-24H,4-6,13-20H2,1-3H3,(H,42,46)(H,40,41,43). The number of likely N-dealkylation sites (N-methyl/N-ethyl adjacent to an activating group) is 1. The number of hydrogen-bond acceptors (Lipinski definition) is 8. The zero-order valence-electron chi connectivity index (χ0n) is 27.7. The minimum absolute atomic E-state index is 0.0372. The smallest absolute Gasteiger partial charge is 0.416 e. The van der Waals surface area contributed by atoms with E-state index in [9.17, 15) is 18.0 Å². The number of carbonyl (C=O) groups is 1. The van der Waals surface area contributed by atoms with E-state index in [-0.39, 0.29) is 18.0 Å². The number of benzene rings is 3. The summed E-state index contributed by atoms with van der Waals surface area (Å²) in [6.07, 6.45) is -1.82. The van der Waals surface area contributed by atoms with Gasteiger partial charge in [0.15, 0.2) is 0 Å². The molecule has 0 unspecified atom stereocenters. The van der Waals surface area contributed by atoms with Crippen molar-refractivity contribution in [3.63, 3.8) is 0 Å². The Kier molecular flexibility index (Phi) is 11.9. The van der Waals surface area contributed by atoms with Crippen LogP contribution in [0.25, 0.3) is 22.0 Å². The lowest BCUT2D eigenvalue weighted by molar-refractivity contribution is -0.137. The maximum absolute atomic E-state index is 13.6. The van der Waals surface area contributed by atoms with Crippen molar-refractivity contribution in [3.05, 3.63) is 77.5 Å². The molecule has 0 atom stereocenters. The molecule has 1 aliphatic rings. The molecule has 2 heterocycles. The molecule has 0 saturated carbocycles. The Morgan fingerprint density at radius 1 is 1.04 bits per heavy atom. The summed E-state index contributed by atoms with van der Waals surface area (Å²) >= 11 is 0. The third kappa shape index (κ3) is 9.21. The molecule has 1 aromatic heterocycles. The maximum atomic E-state index is 13.6. The Morgan fingerprint density at radius 2 is 1.83 bits per heavy atom.